The number of halogens is 1. The predicted octanol–water partition coefficient (Wildman–Crippen LogP) is 0.503. The lowest BCUT2D eigenvalue weighted by Gasteiger charge is -2.10. The number of carbonyl (C=O) groups is 3. The number of hydrogen-bond donors (Lipinski definition) is 2. The van der Waals surface area contributed by atoms with E-state index in [1.807, 2.05) is 0 Å². The Kier molecular flexibility index (Phi) is 2.97. The molecular weight excluding hydrogens is 243 g/mol. The summed E-state index contributed by atoms with van der Waals surface area (Å²) < 4.78 is 12.7. The number of carboxylic acids is 1. The van der Waals surface area contributed by atoms with Crippen LogP contribution in [0.4, 0.5) is 9.18 Å². The van der Waals surface area contributed by atoms with Crippen molar-refractivity contribution in [1.82, 2.24) is 10.2 Å². The van der Waals surface area contributed by atoms with E-state index in [9.17, 15) is 18.8 Å². The van der Waals surface area contributed by atoms with Gasteiger partial charge in [-0.3, -0.25) is 14.5 Å². The molecule has 1 atom stereocenters. The van der Waals surface area contributed by atoms with Gasteiger partial charge in [0.15, 0.2) is 0 Å². The number of urea groups is 1. The third kappa shape index (κ3) is 2.15. The van der Waals surface area contributed by atoms with Gasteiger partial charge in [-0.15, -0.1) is 0 Å². The van der Waals surface area contributed by atoms with Gasteiger partial charge in [-0.05, 0) is 17.7 Å². The van der Waals surface area contributed by atoms with Crippen molar-refractivity contribution in [2.24, 2.45) is 0 Å². The molecular formula is C11H9FN2O4. The Morgan fingerprint density at radius 2 is 1.94 bits per heavy atom. The number of amides is 3. The first kappa shape index (κ1) is 12.0. The topological polar surface area (TPSA) is 86.7 Å². The molecule has 0 spiro atoms. The number of aliphatic carboxylic acids is 1. The molecule has 0 aliphatic carbocycles. The van der Waals surface area contributed by atoms with Gasteiger partial charge in [0.1, 0.15) is 18.4 Å². The van der Waals surface area contributed by atoms with E-state index in [0.717, 1.165) is 12.1 Å². The number of nitrogens with one attached hydrogen (secondary N) is 1. The Labute approximate surface area is 101 Å². The summed E-state index contributed by atoms with van der Waals surface area (Å²) in [5, 5.41) is 10.9. The number of nitrogens with zero attached hydrogens (tertiary/aromatic N) is 1. The normalized spacial score (nSPS) is 18.9. The monoisotopic (exact) mass is 252 g/mol. The minimum atomic E-state index is -1.28. The summed E-state index contributed by atoms with van der Waals surface area (Å²) in [6, 6.07) is 3.32. The van der Waals surface area contributed by atoms with Crippen molar-refractivity contribution >= 4 is 17.9 Å². The van der Waals surface area contributed by atoms with Crippen molar-refractivity contribution in [3.05, 3.63) is 35.6 Å². The molecule has 6 nitrogen and oxygen atoms in total. The molecule has 18 heavy (non-hydrogen) atoms. The third-order valence-electron chi connectivity index (χ3n) is 2.52. The minimum Gasteiger partial charge on any atom is -0.480 e. The van der Waals surface area contributed by atoms with E-state index in [1.165, 1.54) is 12.1 Å². The molecule has 1 fully saturated rings. The summed E-state index contributed by atoms with van der Waals surface area (Å²) in [4.78, 5) is 34.4. The van der Waals surface area contributed by atoms with Gasteiger partial charge in [-0.25, -0.2) is 9.18 Å². The molecule has 0 saturated carbocycles. The maximum Gasteiger partial charge on any atom is 0.325 e. The Balaban J connectivity index is 2.22. The van der Waals surface area contributed by atoms with Crippen LogP contribution in [0.25, 0.3) is 0 Å². The second-order valence-corrected chi connectivity index (χ2v) is 3.75. The van der Waals surface area contributed by atoms with Crippen LogP contribution < -0.4 is 5.32 Å². The molecule has 1 aromatic rings. The number of imide groups is 1. The smallest absolute Gasteiger partial charge is 0.325 e. The van der Waals surface area contributed by atoms with Gasteiger partial charge in [0.25, 0.3) is 5.91 Å². The van der Waals surface area contributed by atoms with E-state index in [-0.39, 0.29) is 0 Å². The molecule has 2 N–H and O–H groups in total. The van der Waals surface area contributed by atoms with E-state index in [0.29, 0.717) is 10.5 Å². The molecule has 1 aliphatic rings. The van der Waals surface area contributed by atoms with Gasteiger partial charge in [-0.1, -0.05) is 12.1 Å². The standard InChI is InChI=1S/C11H9FN2O4/c12-7-3-1-6(2-4-7)9-10(17)14(5-8(15)16)11(18)13-9/h1-4,9H,5H2,(H,13,18)(H,15,16). The second-order valence-electron chi connectivity index (χ2n) is 3.75. The molecule has 1 aliphatic heterocycles. The number of carboxylic acid groups (broad SMARTS) is 1. The van der Waals surface area contributed by atoms with Crippen LogP contribution in [0.2, 0.25) is 0 Å². The number of rotatable bonds is 3. The van der Waals surface area contributed by atoms with E-state index in [2.05, 4.69) is 5.32 Å². The number of benzene rings is 1. The maximum absolute atomic E-state index is 12.7. The van der Waals surface area contributed by atoms with E-state index < -0.39 is 36.3 Å². The Morgan fingerprint density at radius 3 is 2.50 bits per heavy atom. The van der Waals surface area contributed by atoms with Gasteiger partial charge in [0.05, 0.1) is 0 Å². The molecule has 1 saturated heterocycles. The average Bonchev–Trinajstić information content (AvgIpc) is 2.58. The fourth-order valence-corrected chi connectivity index (χ4v) is 1.69. The van der Waals surface area contributed by atoms with Crippen molar-refractivity contribution in [3.8, 4) is 0 Å². The molecule has 0 radical (unpaired) electrons. The first-order chi connectivity index (χ1) is 8.49. The fraction of sp³-hybridized carbons (Fsp3) is 0.182. The molecule has 0 bridgehead atoms. The lowest BCUT2D eigenvalue weighted by molar-refractivity contribution is -0.141. The Hall–Kier alpha value is -2.44. The van der Waals surface area contributed by atoms with Crippen LogP contribution in [0.15, 0.2) is 24.3 Å². The first-order valence-electron chi connectivity index (χ1n) is 5.08. The second kappa shape index (κ2) is 4.44. The highest BCUT2D eigenvalue weighted by atomic mass is 19.1. The molecule has 3 amide bonds. The van der Waals surface area contributed by atoms with Crippen molar-refractivity contribution in [3.63, 3.8) is 0 Å². The van der Waals surface area contributed by atoms with Crippen LogP contribution in [0.3, 0.4) is 0 Å². The zero-order valence-electron chi connectivity index (χ0n) is 9.09. The predicted molar refractivity (Wildman–Crippen MR) is 57.0 cm³/mol. The highest BCUT2D eigenvalue weighted by Crippen LogP contribution is 2.21. The number of hydrogen-bond acceptors (Lipinski definition) is 3. The van der Waals surface area contributed by atoms with E-state index in [4.69, 9.17) is 5.11 Å². The summed E-state index contributed by atoms with van der Waals surface area (Å²) >= 11 is 0. The highest BCUT2D eigenvalue weighted by Gasteiger charge is 2.39. The summed E-state index contributed by atoms with van der Waals surface area (Å²) in [6.07, 6.45) is 0. The Morgan fingerprint density at radius 1 is 1.33 bits per heavy atom. The number of carbonyl (C=O) groups excluding carboxylic acids is 2. The van der Waals surface area contributed by atoms with Crippen LogP contribution in [0, 0.1) is 5.82 Å². The SMILES string of the molecule is O=C(O)CN1C(=O)NC(c2ccc(F)cc2)C1=O. The molecule has 2 rings (SSSR count). The molecule has 1 unspecified atom stereocenters. The molecule has 1 heterocycles. The zero-order chi connectivity index (χ0) is 13.3. The van der Waals surface area contributed by atoms with E-state index in [1.54, 1.807) is 0 Å². The van der Waals surface area contributed by atoms with Crippen molar-refractivity contribution in [2.45, 2.75) is 6.04 Å². The van der Waals surface area contributed by atoms with Crippen LogP contribution >= 0.6 is 0 Å². The molecule has 1 aromatic carbocycles. The molecule has 7 heteroatoms. The lowest BCUT2D eigenvalue weighted by atomic mass is 10.1. The fourth-order valence-electron chi connectivity index (χ4n) is 1.69. The molecule has 0 aromatic heterocycles. The van der Waals surface area contributed by atoms with Gasteiger partial charge >= 0.3 is 12.0 Å². The van der Waals surface area contributed by atoms with Gasteiger partial charge in [-0.2, -0.15) is 0 Å². The summed E-state index contributed by atoms with van der Waals surface area (Å²) in [6.45, 7) is -0.692. The lowest BCUT2D eigenvalue weighted by Crippen LogP contribution is -2.35. The average molecular weight is 252 g/mol. The van der Waals surface area contributed by atoms with Gasteiger partial charge < -0.3 is 10.4 Å². The third-order valence-corrected chi connectivity index (χ3v) is 2.52. The van der Waals surface area contributed by atoms with Crippen molar-refractivity contribution in [2.75, 3.05) is 6.54 Å². The van der Waals surface area contributed by atoms with Crippen LogP contribution in [0.5, 0.6) is 0 Å². The summed E-state index contributed by atoms with van der Waals surface area (Å²) in [5.74, 6) is -2.40. The first-order valence-corrected chi connectivity index (χ1v) is 5.08. The van der Waals surface area contributed by atoms with E-state index >= 15 is 0 Å². The van der Waals surface area contributed by atoms with Crippen molar-refractivity contribution in [1.29, 1.82) is 0 Å². The zero-order valence-corrected chi connectivity index (χ0v) is 9.09. The van der Waals surface area contributed by atoms with Crippen LogP contribution in [0.1, 0.15) is 11.6 Å². The minimum absolute atomic E-state index is 0.405. The largest absolute Gasteiger partial charge is 0.480 e. The molecule has 94 valence electrons. The van der Waals surface area contributed by atoms with Crippen molar-refractivity contribution < 1.29 is 23.9 Å². The van der Waals surface area contributed by atoms with Gasteiger partial charge in [0.2, 0.25) is 0 Å². The highest BCUT2D eigenvalue weighted by molar-refractivity contribution is 6.06. The van der Waals surface area contributed by atoms with Crippen LogP contribution in [-0.4, -0.2) is 34.5 Å². The quantitative estimate of drug-likeness (QED) is 0.767. The maximum atomic E-state index is 12.7. The Bertz CT molecular complexity index is 514. The van der Waals surface area contributed by atoms with Gasteiger partial charge in [0, 0.05) is 0 Å². The summed E-state index contributed by atoms with van der Waals surface area (Å²) in [5.41, 5.74) is 0.405. The van der Waals surface area contributed by atoms with Crippen LogP contribution in [-0.2, 0) is 9.59 Å². The summed E-state index contributed by atoms with van der Waals surface area (Å²) in [7, 11) is 0.